The molecule has 21 heavy (non-hydrogen) atoms. The van der Waals surface area contributed by atoms with Gasteiger partial charge in [-0.05, 0) is 48.7 Å². The van der Waals surface area contributed by atoms with Gasteiger partial charge in [0.2, 0.25) is 0 Å². The highest BCUT2D eigenvalue weighted by Gasteiger charge is 2.19. The average molecular weight is 325 g/mol. The van der Waals surface area contributed by atoms with Crippen LogP contribution in [0.2, 0.25) is 5.02 Å². The van der Waals surface area contributed by atoms with E-state index in [1.165, 1.54) is 12.1 Å². The first-order valence-corrected chi connectivity index (χ1v) is 8.37. The molecule has 4 nitrogen and oxygen atoms in total. The van der Waals surface area contributed by atoms with Gasteiger partial charge in [-0.15, -0.1) is 0 Å². The number of nitrogen functional groups attached to an aromatic ring is 1. The van der Waals surface area contributed by atoms with Crippen molar-refractivity contribution >= 4 is 33.0 Å². The number of aryl methyl sites for hydroxylation is 1. The van der Waals surface area contributed by atoms with Crippen LogP contribution >= 0.6 is 11.6 Å². The molecular formula is C15H17ClN2O2S. The molecule has 0 aliphatic carbocycles. The van der Waals surface area contributed by atoms with Gasteiger partial charge in [0.1, 0.15) is 0 Å². The smallest absolute Gasteiger partial charge is 0.262 e. The van der Waals surface area contributed by atoms with Gasteiger partial charge in [0.15, 0.2) is 0 Å². The molecule has 0 spiro atoms. The van der Waals surface area contributed by atoms with E-state index in [4.69, 9.17) is 17.3 Å². The summed E-state index contributed by atoms with van der Waals surface area (Å²) < 4.78 is 27.6. The molecule has 0 aliphatic rings. The molecule has 0 saturated heterocycles. The van der Waals surface area contributed by atoms with Gasteiger partial charge in [0.25, 0.3) is 10.0 Å². The van der Waals surface area contributed by atoms with Crippen molar-refractivity contribution in [1.29, 1.82) is 0 Å². The Labute approximate surface area is 130 Å². The van der Waals surface area contributed by atoms with Crippen molar-refractivity contribution in [2.24, 2.45) is 0 Å². The zero-order chi connectivity index (χ0) is 15.6. The second-order valence-corrected chi connectivity index (χ2v) is 6.86. The van der Waals surface area contributed by atoms with E-state index in [0.29, 0.717) is 22.0 Å². The van der Waals surface area contributed by atoms with Crippen molar-refractivity contribution in [2.45, 2.75) is 25.2 Å². The van der Waals surface area contributed by atoms with Crippen molar-refractivity contribution < 1.29 is 8.42 Å². The van der Waals surface area contributed by atoms with E-state index in [-0.39, 0.29) is 4.90 Å². The summed E-state index contributed by atoms with van der Waals surface area (Å²) in [6.45, 7) is 3.66. The van der Waals surface area contributed by atoms with Gasteiger partial charge in [-0.1, -0.05) is 30.7 Å². The molecule has 112 valence electrons. The molecular weight excluding hydrogens is 308 g/mol. The molecule has 0 atom stereocenters. The zero-order valence-corrected chi connectivity index (χ0v) is 13.4. The number of nitrogens with two attached hydrogens (primary N) is 1. The highest BCUT2D eigenvalue weighted by atomic mass is 35.5. The number of hydrogen-bond acceptors (Lipinski definition) is 3. The van der Waals surface area contributed by atoms with E-state index >= 15 is 0 Å². The van der Waals surface area contributed by atoms with Gasteiger partial charge >= 0.3 is 0 Å². The lowest BCUT2D eigenvalue weighted by Gasteiger charge is -2.13. The Morgan fingerprint density at radius 1 is 1.24 bits per heavy atom. The summed E-state index contributed by atoms with van der Waals surface area (Å²) in [6, 6.07) is 10.2. The number of sulfonamides is 1. The van der Waals surface area contributed by atoms with Gasteiger partial charge < -0.3 is 5.73 Å². The minimum Gasteiger partial charge on any atom is -0.398 e. The molecule has 3 N–H and O–H groups in total. The van der Waals surface area contributed by atoms with Crippen LogP contribution in [0, 0.1) is 6.92 Å². The Morgan fingerprint density at radius 2 is 1.95 bits per heavy atom. The molecule has 0 radical (unpaired) electrons. The Kier molecular flexibility index (Phi) is 4.44. The monoisotopic (exact) mass is 324 g/mol. The fourth-order valence-electron chi connectivity index (χ4n) is 2.02. The first kappa shape index (κ1) is 15.7. The molecule has 0 unspecified atom stereocenters. The SMILES string of the molecule is CCc1cccc(NS(=O)(=O)c2cc(Cl)cc(N)c2C)c1. The number of nitrogens with one attached hydrogen (secondary N) is 1. The minimum absolute atomic E-state index is 0.0920. The van der Waals surface area contributed by atoms with E-state index in [9.17, 15) is 8.42 Å². The molecule has 2 aromatic carbocycles. The second kappa shape index (κ2) is 5.95. The van der Waals surface area contributed by atoms with Crippen molar-refractivity contribution in [3.8, 4) is 0 Å². The van der Waals surface area contributed by atoms with Gasteiger partial charge in [-0.3, -0.25) is 4.72 Å². The lowest BCUT2D eigenvalue weighted by Crippen LogP contribution is -2.15. The fraction of sp³-hybridized carbons (Fsp3) is 0.200. The van der Waals surface area contributed by atoms with Crippen LogP contribution in [0.4, 0.5) is 11.4 Å². The molecule has 6 heteroatoms. The van der Waals surface area contributed by atoms with Gasteiger partial charge in [-0.2, -0.15) is 0 Å². The Bertz CT molecular complexity index is 773. The van der Waals surface area contributed by atoms with Crippen LogP contribution in [0.25, 0.3) is 0 Å². The molecule has 0 amide bonds. The molecule has 2 aromatic rings. The number of hydrogen-bond donors (Lipinski definition) is 2. The van der Waals surface area contributed by atoms with Gasteiger partial charge in [0.05, 0.1) is 4.90 Å². The second-order valence-electron chi connectivity index (χ2n) is 4.78. The number of halogens is 1. The first-order chi connectivity index (χ1) is 9.83. The topological polar surface area (TPSA) is 72.2 Å². The summed E-state index contributed by atoms with van der Waals surface area (Å²) in [5, 5.41) is 0.292. The summed E-state index contributed by atoms with van der Waals surface area (Å²) in [5.41, 5.74) is 8.19. The normalized spacial score (nSPS) is 11.4. The van der Waals surface area contributed by atoms with Crippen LogP contribution < -0.4 is 10.5 Å². The molecule has 0 heterocycles. The third-order valence-electron chi connectivity index (χ3n) is 3.24. The molecule has 0 saturated carbocycles. The maximum absolute atomic E-state index is 12.5. The van der Waals surface area contributed by atoms with Crippen molar-refractivity contribution in [1.82, 2.24) is 0 Å². The standard InChI is InChI=1S/C15H17ClN2O2S/c1-3-11-5-4-6-13(7-11)18-21(19,20)15-9-12(16)8-14(17)10(15)2/h4-9,18H,3,17H2,1-2H3. The number of rotatable bonds is 4. The van der Waals surface area contributed by atoms with Crippen LogP contribution in [-0.4, -0.2) is 8.42 Å². The van der Waals surface area contributed by atoms with E-state index < -0.39 is 10.0 Å². The van der Waals surface area contributed by atoms with Crippen LogP contribution in [0.15, 0.2) is 41.3 Å². The van der Waals surface area contributed by atoms with Crippen molar-refractivity contribution in [3.63, 3.8) is 0 Å². The van der Waals surface area contributed by atoms with Crippen molar-refractivity contribution in [2.75, 3.05) is 10.5 Å². The largest absolute Gasteiger partial charge is 0.398 e. The molecule has 0 aliphatic heterocycles. The Hall–Kier alpha value is -1.72. The third-order valence-corrected chi connectivity index (χ3v) is 4.97. The third kappa shape index (κ3) is 3.49. The summed E-state index contributed by atoms with van der Waals surface area (Å²) in [4.78, 5) is 0.0920. The quantitative estimate of drug-likeness (QED) is 0.844. The highest BCUT2D eigenvalue weighted by Crippen LogP contribution is 2.27. The summed E-state index contributed by atoms with van der Waals surface area (Å²) >= 11 is 5.91. The van der Waals surface area contributed by atoms with Crippen molar-refractivity contribution in [3.05, 3.63) is 52.5 Å². The maximum Gasteiger partial charge on any atom is 0.262 e. The Morgan fingerprint density at radius 3 is 2.62 bits per heavy atom. The summed E-state index contributed by atoms with van der Waals surface area (Å²) in [7, 11) is -3.73. The molecule has 0 aromatic heterocycles. The number of anilines is 2. The van der Waals surface area contributed by atoms with E-state index in [2.05, 4.69) is 4.72 Å². The predicted octanol–water partition coefficient (Wildman–Crippen LogP) is 3.59. The number of benzene rings is 2. The van der Waals surface area contributed by atoms with E-state index in [1.54, 1.807) is 19.1 Å². The lowest BCUT2D eigenvalue weighted by atomic mass is 10.1. The first-order valence-electron chi connectivity index (χ1n) is 6.51. The molecule has 0 fully saturated rings. The van der Waals surface area contributed by atoms with Gasteiger partial charge in [-0.25, -0.2) is 8.42 Å². The lowest BCUT2D eigenvalue weighted by molar-refractivity contribution is 0.600. The molecule has 2 rings (SSSR count). The summed E-state index contributed by atoms with van der Waals surface area (Å²) in [6.07, 6.45) is 0.832. The van der Waals surface area contributed by atoms with Crippen LogP contribution in [-0.2, 0) is 16.4 Å². The zero-order valence-electron chi connectivity index (χ0n) is 11.9. The van der Waals surface area contributed by atoms with E-state index in [0.717, 1.165) is 12.0 Å². The van der Waals surface area contributed by atoms with Gasteiger partial charge in [0, 0.05) is 16.4 Å². The van der Waals surface area contributed by atoms with Crippen LogP contribution in [0.1, 0.15) is 18.1 Å². The van der Waals surface area contributed by atoms with Crippen LogP contribution in [0.5, 0.6) is 0 Å². The fourth-order valence-corrected chi connectivity index (χ4v) is 3.66. The Balaban J connectivity index is 2.43. The highest BCUT2D eigenvalue weighted by molar-refractivity contribution is 7.92. The minimum atomic E-state index is -3.73. The predicted molar refractivity (Wildman–Crippen MR) is 87.2 cm³/mol. The van der Waals surface area contributed by atoms with Crippen LogP contribution in [0.3, 0.4) is 0 Å². The maximum atomic E-state index is 12.5. The summed E-state index contributed by atoms with van der Waals surface area (Å²) in [5.74, 6) is 0. The van der Waals surface area contributed by atoms with E-state index in [1.807, 2.05) is 19.1 Å². The molecule has 0 bridgehead atoms. The average Bonchev–Trinajstić information content (AvgIpc) is 2.42.